The number of hydrogen-bond acceptors (Lipinski definition) is 3. The van der Waals surface area contributed by atoms with Crippen molar-refractivity contribution >= 4 is 0 Å². The van der Waals surface area contributed by atoms with Crippen LogP contribution in [0.25, 0.3) is 0 Å². The van der Waals surface area contributed by atoms with Gasteiger partial charge in [0.05, 0.1) is 5.69 Å². The Kier molecular flexibility index (Phi) is 3.97. The molecule has 0 fully saturated rings. The van der Waals surface area contributed by atoms with Crippen LogP contribution in [-0.4, -0.2) is 9.72 Å². The summed E-state index contributed by atoms with van der Waals surface area (Å²) in [5.74, 6) is 0.895. The van der Waals surface area contributed by atoms with Gasteiger partial charge in [-0.15, -0.1) is 0 Å². The van der Waals surface area contributed by atoms with Gasteiger partial charge in [-0.3, -0.25) is 4.79 Å². The fourth-order valence-electron chi connectivity index (χ4n) is 1.86. The van der Waals surface area contributed by atoms with Crippen molar-refractivity contribution in [3.05, 3.63) is 51.8 Å². The summed E-state index contributed by atoms with van der Waals surface area (Å²) in [6.07, 6.45) is 4.42. The highest BCUT2D eigenvalue weighted by molar-refractivity contribution is 5.08. The Morgan fingerprint density at radius 3 is 2.89 bits per heavy atom. The molecule has 0 atom stereocenters. The first-order valence-corrected chi connectivity index (χ1v) is 6.30. The minimum atomic E-state index is 0.0572. The maximum Gasteiger partial charge on any atom is 0.250 e. The highest BCUT2D eigenvalue weighted by Crippen LogP contribution is 2.07. The lowest BCUT2D eigenvalue weighted by molar-refractivity contribution is 0.372. The van der Waals surface area contributed by atoms with Gasteiger partial charge in [0.15, 0.2) is 0 Å². The van der Waals surface area contributed by atoms with Crippen LogP contribution in [0.2, 0.25) is 0 Å². The molecular weight excluding hydrogens is 228 g/mol. The molecule has 0 spiro atoms. The van der Waals surface area contributed by atoms with Crippen LogP contribution in [0.1, 0.15) is 30.4 Å². The van der Waals surface area contributed by atoms with Crippen molar-refractivity contribution in [2.45, 2.75) is 39.7 Å². The van der Waals surface area contributed by atoms with E-state index in [2.05, 4.69) is 5.16 Å². The lowest BCUT2D eigenvalue weighted by Gasteiger charge is -2.04. The van der Waals surface area contributed by atoms with Crippen molar-refractivity contribution in [2.24, 2.45) is 0 Å². The maximum atomic E-state index is 11.7. The summed E-state index contributed by atoms with van der Waals surface area (Å²) in [6.45, 7) is 4.68. The second kappa shape index (κ2) is 5.67. The van der Waals surface area contributed by atoms with E-state index >= 15 is 0 Å². The molecule has 4 heteroatoms. The Labute approximate surface area is 106 Å². The van der Waals surface area contributed by atoms with Crippen LogP contribution in [0.5, 0.6) is 0 Å². The van der Waals surface area contributed by atoms with Gasteiger partial charge in [-0.1, -0.05) is 12.1 Å². The molecule has 0 aliphatic heterocycles. The number of aromatic nitrogens is 2. The molecule has 0 aliphatic rings. The van der Waals surface area contributed by atoms with E-state index in [1.165, 1.54) is 0 Å². The molecule has 0 N–H and O–H groups in total. The monoisotopic (exact) mass is 246 g/mol. The van der Waals surface area contributed by atoms with Gasteiger partial charge >= 0.3 is 0 Å². The number of hydrogen-bond donors (Lipinski definition) is 0. The molecule has 0 aromatic carbocycles. The number of nitrogens with zero attached hydrogens (tertiary/aromatic N) is 2. The Hall–Kier alpha value is -1.84. The van der Waals surface area contributed by atoms with Crippen molar-refractivity contribution < 1.29 is 4.52 Å². The largest absolute Gasteiger partial charge is 0.361 e. The molecule has 4 nitrogen and oxygen atoms in total. The molecule has 0 saturated carbocycles. The van der Waals surface area contributed by atoms with Crippen molar-refractivity contribution in [1.82, 2.24) is 9.72 Å². The first-order chi connectivity index (χ1) is 8.69. The molecule has 18 heavy (non-hydrogen) atoms. The molecule has 2 heterocycles. The SMILES string of the molecule is CCc1cc(CCCn2ccc(C)cc2=O)on1. The van der Waals surface area contributed by atoms with E-state index in [0.717, 1.165) is 36.3 Å². The van der Waals surface area contributed by atoms with E-state index in [1.54, 1.807) is 10.6 Å². The summed E-state index contributed by atoms with van der Waals surface area (Å²) in [6, 6.07) is 5.59. The summed E-state index contributed by atoms with van der Waals surface area (Å²) in [4.78, 5) is 11.7. The zero-order chi connectivity index (χ0) is 13.0. The van der Waals surface area contributed by atoms with Gasteiger partial charge in [0.2, 0.25) is 0 Å². The van der Waals surface area contributed by atoms with Crippen LogP contribution in [0.3, 0.4) is 0 Å². The fraction of sp³-hybridized carbons (Fsp3) is 0.429. The van der Waals surface area contributed by atoms with E-state index in [1.807, 2.05) is 32.2 Å². The van der Waals surface area contributed by atoms with Gasteiger partial charge < -0.3 is 9.09 Å². The van der Waals surface area contributed by atoms with Crippen LogP contribution < -0.4 is 5.56 Å². The maximum absolute atomic E-state index is 11.7. The molecule has 0 radical (unpaired) electrons. The van der Waals surface area contributed by atoms with Crippen LogP contribution in [0.15, 0.2) is 33.7 Å². The lowest BCUT2D eigenvalue weighted by atomic mass is 10.2. The van der Waals surface area contributed by atoms with Crippen molar-refractivity contribution in [3.63, 3.8) is 0 Å². The van der Waals surface area contributed by atoms with Crippen molar-refractivity contribution in [2.75, 3.05) is 0 Å². The standard InChI is InChI=1S/C14H18N2O2/c1-3-12-10-13(18-15-12)5-4-7-16-8-6-11(2)9-14(16)17/h6,8-10H,3-5,7H2,1-2H3. The number of rotatable bonds is 5. The summed E-state index contributed by atoms with van der Waals surface area (Å²) < 4.78 is 6.93. The summed E-state index contributed by atoms with van der Waals surface area (Å²) >= 11 is 0. The summed E-state index contributed by atoms with van der Waals surface area (Å²) in [5, 5.41) is 3.95. The third-order valence-electron chi connectivity index (χ3n) is 2.94. The molecule has 2 aromatic heterocycles. The van der Waals surface area contributed by atoms with Gasteiger partial charge in [0, 0.05) is 31.3 Å². The smallest absolute Gasteiger partial charge is 0.250 e. The van der Waals surface area contributed by atoms with Gasteiger partial charge in [-0.05, 0) is 31.4 Å². The molecule has 0 amide bonds. The van der Waals surface area contributed by atoms with Crippen LogP contribution in [0.4, 0.5) is 0 Å². The Morgan fingerprint density at radius 1 is 1.39 bits per heavy atom. The van der Waals surface area contributed by atoms with E-state index in [-0.39, 0.29) is 5.56 Å². The molecule has 0 saturated heterocycles. The van der Waals surface area contributed by atoms with Gasteiger partial charge in [0.1, 0.15) is 5.76 Å². The van der Waals surface area contributed by atoms with Gasteiger partial charge in [0.25, 0.3) is 5.56 Å². The fourth-order valence-corrected chi connectivity index (χ4v) is 1.86. The van der Waals surface area contributed by atoms with Gasteiger partial charge in [-0.2, -0.15) is 0 Å². The molecule has 0 unspecified atom stereocenters. The average Bonchev–Trinajstić information content (AvgIpc) is 2.80. The molecule has 2 aromatic rings. The zero-order valence-electron chi connectivity index (χ0n) is 10.8. The third-order valence-corrected chi connectivity index (χ3v) is 2.94. The van der Waals surface area contributed by atoms with E-state index < -0.39 is 0 Å². The number of aryl methyl sites for hydroxylation is 4. The first kappa shape index (κ1) is 12.6. The van der Waals surface area contributed by atoms with Crippen LogP contribution in [0, 0.1) is 6.92 Å². The molecular formula is C14H18N2O2. The predicted octanol–water partition coefficient (Wildman–Crippen LogP) is 2.34. The van der Waals surface area contributed by atoms with Gasteiger partial charge in [-0.25, -0.2) is 0 Å². The normalized spacial score (nSPS) is 10.8. The molecule has 96 valence electrons. The Bertz CT molecular complexity index is 569. The second-order valence-electron chi connectivity index (χ2n) is 4.48. The topological polar surface area (TPSA) is 48.0 Å². The number of pyridine rings is 1. The highest BCUT2D eigenvalue weighted by Gasteiger charge is 2.03. The van der Waals surface area contributed by atoms with Crippen molar-refractivity contribution in [1.29, 1.82) is 0 Å². The van der Waals surface area contributed by atoms with E-state index in [4.69, 9.17) is 4.52 Å². The first-order valence-electron chi connectivity index (χ1n) is 6.30. The quantitative estimate of drug-likeness (QED) is 0.813. The summed E-state index contributed by atoms with van der Waals surface area (Å²) in [7, 11) is 0. The van der Waals surface area contributed by atoms with E-state index in [9.17, 15) is 4.79 Å². The third kappa shape index (κ3) is 3.09. The molecule has 0 aliphatic carbocycles. The van der Waals surface area contributed by atoms with Crippen LogP contribution >= 0.6 is 0 Å². The second-order valence-corrected chi connectivity index (χ2v) is 4.48. The molecule has 0 bridgehead atoms. The van der Waals surface area contributed by atoms with E-state index in [0.29, 0.717) is 6.54 Å². The summed E-state index contributed by atoms with van der Waals surface area (Å²) in [5.41, 5.74) is 2.04. The highest BCUT2D eigenvalue weighted by atomic mass is 16.5. The minimum Gasteiger partial charge on any atom is -0.361 e. The Balaban J connectivity index is 1.90. The average molecular weight is 246 g/mol. The van der Waals surface area contributed by atoms with Crippen LogP contribution in [-0.2, 0) is 19.4 Å². The predicted molar refractivity (Wildman–Crippen MR) is 69.6 cm³/mol. The van der Waals surface area contributed by atoms with Crippen molar-refractivity contribution in [3.8, 4) is 0 Å². The minimum absolute atomic E-state index is 0.0572. The molecule has 2 rings (SSSR count). The lowest BCUT2D eigenvalue weighted by Crippen LogP contribution is -2.18. The zero-order valence-corrected chi connectivity index (χ0v) is 10.8. The Morgan fingerprint density at radius 2 is 2.22 bits per heavy atom.